The van der Waals surface area contributed by atoms with Crippen LogP contribution in [0.15, 0.2) is 54.3 Å². The third-order valence-electron chi connectivity index (χ3n) is 4.91. The second-order valence-corrected chi connectivity index (χ2v) is 7.06. The Labute approximate surface area is 147 Å². The van der Waals surface area contributed by atoms with E-state index in [0.717, 1.165) is 51.4 Å². The first kappa shape index (κ1) is 18.8. The summed E-state index contributed by atoms with van der Waals surface area (Å²) in [5, 5.41) is 10.8. The number of hydroxylamine groups is 2. The van der Waals surface area contributed by atoms with E-state index in [0.29, 0.717) is 0 Å². The Morgan fingerprint density at radius 1 is 1.17 bits per heavy atom. The Kier molecular flexibility index (Phi) is 7.54. The number of hydrogen-bond donors (Lipinski definition) is 1. The Morgan fingerprint density at radius 2 is 1.83 bits per heavy atom. The molecule has 0 amide bonds. The molecule has 1 aromatic rings. The van der Waals surface area contributed by atoms with Gasteiger partial charge in [0.2, 0.25) is 0 Å². The zero-order valence-electron chi connectivity index (χ0n) is 15.2. The molecule has 24 heavy (non-hydrogen) atoms. The van der Waals surface area contributed by atoms with Gasteiger partial charge in [-0.3, -0.25) is 0 Å². The van der Waals surface area contributed by atoms with Crippen molar-refractivity contribution in [2.24, 2.45) is 5.92 Å². The van der Waals surface area contributed by atoms with Crippen molar-refractivity contribution >= 4 is 0 Å². The van der Waals surface area contributed by atoms with Crippen LogP contribution >= 0.6 is 0 Å². The van der Waals surface area contributed by atoms with Gasteiger partial charge in [-0.25, -0.2) is 0 Å². The van der Waals surface area contributed by atoms with Crippen molar-refractivity contribution in [1.29, 1.82) is 0 Å². The molecule has 0 bridgehead atoms. The van der Waals surface area contributed by atoms with Crippen LogP contribution in [0.2, 0.25) is 0 Å². The fourth-order valence-corrected chi connectivity index (χ4v) is 3.20. The summed E-state index contributed by atoms with van der Waals surface area (Å²) in [5.74, 6) is 0.792. The normalized spacial score (nSPS) is 18.8. The van der Waals surface area contributed by atoms with Crippen molar-refractivity contribution in [3.8, 4) is 0 Å². The smallest absolute Gasteiger partial charge is 0.0240 e. The van der Waals surface area contributed by atoms with E-state index in [2.05, 4.69) is 43.7 Å². The average molecular weight is 328 g/mol. The van der Waals surface area contributed by atoms with Crippen molar-refractivity contribution in [2.45, 2.75) is 39.5 Å². The third kappa shape index (κ3) is 6.50. The first-order valence-electron chi connectivity index (χ1n) is 9.10. The summed E-state index contributed by atoms with van der Waals surface area (Å²) in [6.07, 6.45) is 6.98. The number of hydrogen-bond acceptors (Lipinski definition) is 3. The molecule has 3 heteroatoms. The third-order valence-corrected chi connectivity index (χ3v) is 4.91. The lowest BCUT2D eigenvalue weighted by atomic mass is 9.94. The number of benzene rings is 1. The molecule has 2 aliphatic heterocycles. The minimum Gasteiger partial charge on any atom is -0.377 e. The summed E-state index contributed by atoms with van der Waals surface area (Å²) in [4.78, 5) is 2.43. The molecular formula is C21H32N2O. The molecule has 1 N–H and O–H groups in total. The molecule has 0 radical (unpaired) electrons. The zero-order chi connectivity index (χ0) is 17.4. The van der Waals surface area contributed by atoms with Gasteiger partial charge in [0, 0.05) is 32.4 Å². The van der Waals surface area contributed by atoms with Crippen LogP contribution in [0.4, 0.5) is 0 Å². The van der Waals surface area contributed by atoms with Crippen LogP contribution in [0.5, 0.6) is 0 Å². The molecule has 132 valence electrons. The van der Waals surface area contributed by atoms with Gasteiger partial charge in [0.15, 0.2) is 0 Å². The van der Waals surface area contributed by atoms with Crippen LogP contribution in [0.1, 0.15) is 38.2 Å². The highest BCUT2D eigenvalue weighted by Crippen LogP contribution is 2.23. The van der Waals surface area contributed by atoms with Crippen molar-refractivity contribution in [3.05, 3.63) is 59.8 Å². The van der Waals surface area contributed by atoms with Gasteiger partial charge in [0.1, 0.15) is 0 Å². The predicted molar refractivity (Wildman–Crippen MR) is 101 cm³/mol. The van der Waals surface area contributed by atoms with Gasteiger partial charge in [-0.2, -0.15) is 5.06 Å². The first-order valence-corrected chi connectivity index (χ1v) is 9.10. The molecule has 1 fully saturated rings. The number of nitrogens with zero attached hydrogens (tertiary/aromatic N) is 2. The van der Waals surface area contributed by atoms with E-state index in [9.17, 15) is 5.21 Å². The molecule has 0 aliphatic carbocycles. The van der Waals surface area contributed by atoms with E-state index in [4.69, 9.17) is 0 Å². The van der Waals surface area contributed by atoms with Crippen LogP contribution in [0, 0.1) is 12.8 Å². The molecule has 3 rings (SSSR count). The molecule has 0 unspecified atom stereocenters. The van der Waals surface area contributed by atoms with Gasteiger partial charge in [-0.1, -0.05) is 48.0 Å². The fraction of sp³-hybridized carbons (Fsp3) is 0.524. The summed E-state index contributed by atoms with van der Waals surface area (Å²) in [6, 6.07) is 10.3. The average Bonchev–Trinajstić information content (AvgIpc) is 3.05. The van der Waals surface area contributed by atoms with Crippen molar-refractivity contribution in [1.82, 2.24) is 9.96 Å². The summed E-state index contributed by atoms with van der Waals surface area (Å²) in [7, 11) is 0. The van der Waals surface area contributed by atoms with Crippen LogP contribution in [-0.4, -0.2) is 41.3 Å². The van der Waals surface area contributed by atoms with Gasteiger partial charge >= 0.3 is 0 Å². The van der Waals surface area contributed by atoms with Crippen LogP contribution < -0.4 is 0 Å². The lowest BCUT2D eigenvalue weighted by Crippen LogP contribution is -2.32. The van der Waals surface area contributed by atoms with E-state index in [1.165, 1.54) is 28.2 Å². The number of rotatable bonds is 4. The number of aryl methyl sites for hydroxylation is 1. The number of piperidine rings is 1. The second-order valence-electron chi connectivity index (χ2n) is 7.06. The topological polar surface area (TPSA) is 26.7 Å². The molecule has 2 heterocycles. The highest BCUT2D eigenvalue weighted by Gasteiger charge is 2.19. The molecule has 0 saturated carbocycles. The van der Waals surface area contributed by atoms with Gasteiger partial charge in [-0.05, 0) is 51.0 Å². The van der Waals surface area contributed by atoms with Gasteiger partial charge in [0.25, 0.3) is 0 Å². The Morgan fingerprint density at radius 3 is 2.33 bits per heavy atom. The minimum atomic E-state index is 0.792. The van der Waals surface area contributed by atoms with E-state index in [-0.39, 0.29) is 0 Å². The molecule has 1 aromatic carbocycles. The van der Waals surface area contributed by atoms with Crippen LogP contribution in [0.25, 0.3) is 0 Å². The SMILES string of the molecule is C=C(C)C1=CN(CCC2CCN(O)CC2)CC1.Cc1ccccc1. The summed E-state index contributed by atoms with van der Waals surface area (Å²) >= 11 is 0. The molecule has 2 aliphatic rings. The van der Waals surface area contributed by atoms with Crippen molar-refractivity contribution < 1.29 is 5.21 Å². The molecule has 0 atom stereocenters. The van der Waals surface area contributed by atoms with Gasteiger partial charge in [-0.15, -0.1) is 0 Å². The maximum Gasteiger partial charge on any atom is 0.0240 e. The quantitative estimate of drug-likeness (QED) is 0.872. The Bertz CT molecular complexity index is 530. The van der Waals surface area contributed by atoms with Crippen LogP contribution in [0.3, 0.4) is 0 Å². The predicted octanol–water partition coefficient (Wildman–Crippen LogP) is 4.64. The monoisotopic (exact) mass is 328 g/mol. The summed E-state index contributed by atoms with van der Waals surface area (Å²) < 4.78 is 0. The van der Waals surface area contributed by atoms with E-state index in [1.807, 2.05) is 18.2 Å². The van der Waals surface area contributed by atoms with E-state index < -0.39 is 0 Å². The Balaban J connectivity index is 0.000000249. The second kappa shape index (κ2) is 9.65. The molecule has 3 nitrogen and oxygen atoms in total. The highest BCUT2D eigenvalue weighted by atomic mass is 16.5. The molecule has 1 saturated heterocycles. The summed E-state index contributed by atoms with van der Waals surface area (Å²) in [6.45, 7) is 12.2. The number of allylic oxidation sites excluding steroid dienone is 1. The first-order chi connectivity index (χ1) is 11.5. The maximum atomic E-state index is 9.31. The standard InChI is InChI=1S/C14H24N2O.C7H8/c1-12(2)14-6-8-15(11-14)7-3-13-4-9-16(17)10-5-13;1-7-5-3-2-4-6-7/h11,13,17H,1,3-10H2,2H3;2-6H,1H3. The van der Waals surface area contributed by atoms with Gasteiger partial charge < -0.3 is 10.1 Å². The zero-order valence-corrected chi connectivity index (χ0v) is 15.2. The van der Waals surface area contributed by atoms with E-state index >= 15 is 0 Å². The minimum absolute atomic E-state index is 0.792. The summed E-state index contributed by atoms with van der Waals surface area (Å²) in [5.41, 5.74) is 3.94. The van der Waals surface area contributed by atoms with Crippen molar-refractivity contribution in [3.63, 3.8) is 0 Å². The van der Waals surface area contributed by atoms with Crippen molar-refractivity contribution in [2.75, 3.05) is 26.2 Å². The highest BCUT2D eigenvalue weighted by molar-refractivity contribution is 5.28. The maximum absolute atomic E-state index is 9.31. The molecule has 0 aromatic heterocycles. The Hall–Kier alpha value is -1.58. The largest absolute Gasteiger partial charge is 0.377 e. The van der Waals surface area contributed by atoms with Crippen LogP contribution in [-0.2, 0) is 0 Å². The lowest BCUT2D eigenvalue weighted by molar-refractivity contribution is -0.112. The van der Waals surface area contributed by atoms with Gasteiger partial charge in [0.05, 0.1) is 0 Å². The fourth-order valence-electron chi connectivity index (χ4n) is 3.20. The lowest BCUT2D eigenvalue weighted by Gasteiger charge is -2.28. The van der Waals surface area contributed by atoms with E-state index in [1.54, 1.807) is 0 Å². The molecular weight excluding hydrogens is 296 g/mol. The molecule has 0 spiro atoms.